The fourth-order valence-electron chi connectivity index (χ4n) is 3.93. The Kier molecular flexibility index (Phi) is 3.78. The number of ether oxygens (including phenoxy) is 3. The van der Waals surface area contributed by atoms with Gasteiger partial charge in [0.1, 0.15) is 11.7 Å². The number of carbonyl (C=O) groups excluding carboxylic acids is 2. The molecule has 136 valence electrons. The molecule has 0 bridgehead atoms. The van der Waals surface area contributed by atoms with Crippen molar-refractivity contribution in [3.63, 3.8) is 0 Å². The van der Waals surface area contributed by atoms with Crippen molar-refractivity contribution in [3.05, 3.63) is 45.8 Å². The van der Waals surface area contributed by atoms with E-state index in [9.17, 15) is 9.59 Å². The third-order valence-electron chi connectivity index (χ3n) is 4.89. The standard InChI is InChI=1S/C17H18N4O5/c1-16(2)25-13-12(7-19-20-18)24-9-17(13,26-16)8-21-14(22)10-5-3-4-6-11(10)15(21)23/h3-6,12-13H,7-9H2,1-2H3/t12-,13-,17+/m1/s1. The zero-order valence-corrected chi connectivity index (χ0v) is 14.4. The van der Waals surface area contributed by atoms with Crippen LogP contribution in [0, 0.1) is 0 Å². The first-order valence-corrected chi connectivity index (χ1v) is 8.33. The van der Waals surface area contributed by atoms with Crippen LogP contribution in [0.5, 0.6) is 0 Å². The fourth-order valence-corrected chi connectivity index (χ4v) is 3.93. The van der Waals surface area contributed by atoms with Crippen molar-refractivity contribution in [3.8, 4) is 0 Å². The lowest BCUT2D eigenvalue weighted by molar-refractivity contribution is -0.190. The average Bonchev–Trinajstić information content (AvgIpc) is 3.15. The highest BCUT2D eigenvalue weighted by Gasteiger charge is 2.62. The van der Waals surface area contributed by atoms with E-state index in [0.717, 1.165) is 0 Å². The SMILES string of the molecule is CC1(C)O[C@@H]2[C@@H](CN=[N+]=[N-])OC[C@]2(CN2C(=O)c3ccccc3C2=O)O1. The van der Waals surface area contributed by atoms with E-state index in [1.165, 1.54) is 4.90 Å². The predicted molar refractivity (Wildman–Crippen MR) is 88.3 cm³/mol. The molecule has 26 heavy (non-hydrogen) atoms. The van der Waals surface area contributed by atoms with E-state index >= 15 is 0 Å². The zero-order chi connectivity index (χ0) is 18.5. The maximum absolute atomic E-state index is 12.7. The highest BCUT2D eigenvalue weighted by atomic mass is 16.8. The largest absolute Gasteiger partial charge is 0.372 e. The molecule has 2 saturated heterocycles. The van der Waals surface area contributed by atoms with Gasteiger partial charge in [0.25, 0.3) is 11.8 Å². The molecular formula is C17H18N4O5. The molecule has 0 radical (unpaired) electrons. The minimum absolute atomic E-state index is 0.0141. The van der Waals surface area contributed by atoms with Gasteiger partial charge >= 0.3 is 0 Å². The van der Waals surface area contributed by atoms with Crippen LogP contribution in [0.1, 0.15) is 34.6 Å². The van der Waals surface area contributed by atoms with Crippen molar-refractivity contribution in [2.24, 2.45) is 5.11 Å². The minimum Gasteiger partial charge on any atom is -0.372 e. The van der Waals surface area contributed by atoms with Crippen molar-refractivity contribution < 1.29 is 23.8 Å². The summed E-state index contributed by atoms with van der Waals surface area (Å²) in [6.07, 6.45) is -1.05. The second-order valence-corrected chi connectivity index (χ2v) is 7.11. The van der Waals surface area contributed by atoms with E-state index in [0.29, 0.717) is 11.1 Å². The molecule has 0 aromatic heterocycles. The van der Waals surface area contributed by atoms with Gasteiger partial charge < -0.3 is 14.2 Å². The van der Waals surface area contributed by atoms with Crippen molar-refractivity contribution in [2.45, 2.75) is 37.4 Å². The van der Waals surface area contributed by atoms with Gasteiger partial charge in [0.15, 0.2) is 5.79 Å². The highest BCUT2D eigenvalue weighted by molar-refractivity contribution is 6.21. The van der Waals surface area contributed by atoms with Crippen LogP contribution in [-0.4, -0.2) is 60.0 Å². The summed E-state index contributed by atoms with van der Waals surface area (Å²) < 4.78 is 17.8. The number of nitrogens with zero attached hydrogens (tertiary/aromatic N) is 4. The van der Waals surface area contributed by atoms with Crippen LogP contribution in [0.3, 0.4) is 0 Å². The van der Waals surface area contributed by atoms with Crippen molar-refractivity contribution in [1.29, 1.82) is 0 Å². The second-order valence-electron chi connectivity index (χ2n) is 7.11. The number of benzene rings is 1. The number of amides is 2. The Hall–Kier alpha value is -2.45. The Balaban J connectivity index is 1.63. The molecule has 2 fully saturated rings. The first kappa shape index (κ1) is 17.0. The smallest absolute Gasteiger partial charge is 0.261 e. The quantitative estimate of drug-likeness (QED) is 0.353. The topological polar surface area (TPSA) is 114 Å². The Morgan fingerprint density at radius 1 is 1.27 bits per heavy atom. The summed E-state index contributed by atoms with van der Waals surface area (Å²) in [6, 6.07) is 6.72. The first-order valence-electron chi connectivity index (χ1n) is 8.33. The molecular weight excluding hydrogens is 340 g/mol. The van der Waals surface area contributed by atoms with Crippen LogP contribution in [0.15, 0.2) is 29.4 Å². The lowest BCUT2D eigenvalue weighted by Crippen LogP contribution is -2.52. The van der Waals surface area contributed by atoms with Gasteiger partial charge in [0, 0.05) is 4.91 Å². The highest BCUT2D eigenvalue weighted by Crippen LogP contribution is 2.44. The third kappa shape index (κ3) is 2.48. The number of fused-ring (bicyclic) bond motifs is 2. The van der Waals surface area contributed by atoms with Crippen molar-refractivity contribution >= 4 is 11.8 Å². The summed E-state index contributed by atoms with van der Waals surface area (Å²) in [4.78, 5) is 29.3. The molecule has 0 spiro atoms. The fraction of sp³-hybridized carbons (Fsp3) is 0.529. The molecule has 0 saturated carbocycles. The van der Waals surface area contributed by atoms with Gasteiger partial charge in [-0.05, 0) is 31.5 Å². The Labute approximate surface area is 149 Å². The molecule has 9 nitrogen and oxygen atoms in total. The Bertz CT molecular complexity index is 799. The molecule has 0 aliphatic carbocycles. The monoisotopic (exact) mass is 358 g/mol. The van der Waals surface area contributed by atoms with Gasteiger partial charge in [-0.2, -0.15) is 0 Å². The molecule has 1 aromatic carbocycles. The van der Waals surface area contributed by atoms with Crippen LogP contribution >= 0.6 is 0 Å². The molecule has 3 heterocycles. The molecule has 1 aromatic rings. The number of rotatable bonds is 4. The van der Waals surface area contributed by atoms with Crippen LogP contribution < -0.4 is 0 Å². The van der Waals surface area contributed by atoms with E-state index in [-0.39, 0.29) is 31.5 Å². The number of hydrogen-bond donors (Lipinski definition) is 0. The molecule has 3 aliphatic heterocycles. The lowest BCUT2D eigenvalue weighted by atomic mass is 9.95. The zero-order valence-electron chi connectivity index (χ0n) is 14.4. The predicted octanol–water partition coefficient (Wildman–Crippen LogP) is 1.88. The molecule has 9 heteroatoms. The lowest BCUT2D eigenvalue weighted by Gasteiger charge is -2.30. The average molecular weight is 358 g/mol. The van der Waals surface area contributed by atoms with E-state index in [2.05, 4.69) is 10.0 Å². The van der Waals surface area contributed by atoms with E-state index < -0.39 is 23.6 Å². The minimum atomic E-state index is -0.994. The maximum atomic E-state index is 12.7. The van der Waals surface area contributed by atoms with Gasteiger partial charge in [0.05, 0.1) is 36.9 Å². The number of hydrogen-bond acceptors (Lipinski definition) is 6. The van der Waals surface area contributed by atoms with Gasteiger partial charge in [-0.15, -0.1) is 0 Å². The number of carbonyl (C=O) groups is 2. The van der Waals surface area contributed by atoms with E-state index in [1.54, 1.807) is 38.1 Å². The molecule has 0 unspecified atom stereocenters. The van der Waals surface area contributed by atoms with Crippen molar-refractivity contribution in [1.82, 2.24) is 4.90 Å². The van der Waals surface area contributed by atoms with Gasteiger partial charge in [-0.3, -0.25) is 14.5 Å². The van der Waals surface area contributed by atoms with Gasteiger partial charge in [0.2, 0.25) is 0 Å². The van der Waals surface area contributed by atoms with Crippen LogP contribution in [-0.2, 0) is 14.2 Å². The summed E-state index contributed by atoms with van der Waals surface area (Å²) in [5.74, 6) is -1.61. The van der Waals surface area contributed by atoms with Crippen LogP contribution in [0.2, 0.25) is 0 Å². The molecule has 3 aliphatic rings. The van der Waals surface area contributed by atoms with Gasteiger partial charge in [-0.1, -0.05) is 17.2 Å². The van der Waals surface area contributed by atoms with E-state index in [4.69, 9.17) is 19.7 Å². The maximum Gasteiger partial charge on any atom is 0.261 e. The summed E-state index contributed by atoms with van der Waals surface area (Å²) in [6.45, 7) is 3.77. The summed E-state index contributed by atoms with van der Waals surface area (Å²) in [5, 5.41) is 3.56. The molecule has 3 atom stereocenters. The second kappa shape index (κ2) is 5.78. The van der Waals surface area contributed by atoms with Crippen molar-refractivity contribution in [2.75, 3.05) is 19.7 Å². The van der Waals surface area contributed by atoms with E-state index in [1.807, 2.05) is 0 Å². The number of imide groups is 1. The molecule has 2 amide bonds. The van der Waals surface area contributed by atoms with Gasteiger partial charge in [-0.25, -0.2) is 0 Å². The first-order chi connectivity index (χ1) is 12.4. The molecule has 4 rings (SSSR count). The molecule has 0 N–H and O–H groups in total. The third-order valence-corrected chi connectivity index (χ3v) is 4.89. The van der Waals surface area contributed by atoms with Crippen LogP contribution in [0.4, 0.5) is 0 Å². The Morgan fingerprint density at radius 3 is 2.54 bits per heavy atom. The normalized spacial score (nSPS) is 31.7. The Morgan fingerprint density at radius 2 is 1.92 bits per heavy atom. The summed E-state index contributed by atoms with van der Waals surface area (Å²) >= 11 is 0. The van der Waals surface area contributed by atoms with Crippen LogP contribution in [0.25, 0.3) is 10.4 Å². The summed E-state index contributed by atoms with van der Waals surface area (Å²) in [5.41, 5.74) is 8.34. The number of azide groups is 1. The summed E-state index contributed by atoms with van der Waals surface area (Å²) in [7, 11) is 0.